The number of carbonyl (C=O) groups excluding carboxylic acids is 3. The van der Waals surface area contributed by atoms with E-state index in [9.17, 15) is 14.4 Å². The Balaban J connectivity index is 1.53. The van der Waals surface area contributed by atoms with E-state index in [4.69, 9.17) is 16.3 Å². The summed E-state index contributed by atoms with van der Waals surface area (Å²) in [4.78, 5) is 38.0. The van der Waals surface area contributed by atoms with E-state index in [1.54, 1.807) is 59.5 Å². The highest BCUT2D eigenvalue weighted by molar-refractivity contribution is 6.33. The molecule has 1 aliphatic heterocycles. The average Bonchev–Trinajstić information content (AvgIpc) is 3.14. The lowest BCUT2D eigenvalue weighted by Gasteiger charge is -2.17. The molecule has 2 aromatic rings. The van der Waals surface area contributed by atoms with Gasteiger partial charge in [-0.3, -0.25) is 14.4 Å². The van der Waals surface area contributed by atoms with Crippen LogP contribution in [0.5, 0.6) is 5.75 Å². The van der Waals surface area contributed by atoms with E-state index in [1.807, 2.05) is 0 Å². The number of anilines is 2. The van der Waals surface area contributed by atoms with E-state index in [0.717, 1.165) is 0 Å². The molecule has 1 atom stereocenters. The van der Waals surface area contributed by atoms with Crippen LogP contribution in [0.2, 0.25) is 5.02 Å². The van der Waals surface area contributed by atoms with Gasteiger partial charge in [0.2, 0.25) is 11.8 Å². The molecule has 7 nitrogen and oxygen atoms in total. The smallest absolute Gasteiger partial charge is 0.262 e. The molecule has 2 N–H and O–H groups in total. The minimum Gasteiger partial charge on any atom is -0.484 e. The second-order valence-electron chi connectivity index (χ2n) is 6.75. The first kappa shape index (κ1) is 21.4. The standard InChI is InChI=1S/C22H22ClN3O4/c1-2-11-24-22(29)15-12-21(28)26(13-15)16-7-9-17(10-8-16)30-14-20(27)25-19-6-4-3-5-18(19)23/h2-10,15H,1,11-14H2,(H,24,29)(H,25,27)/t15-/m1/s1. The van der Waals surface area contributed by atoms with Crippen molar-refractivity contribution in [3.63, 3.8) is 0 Å². The lowest BCUT2D eigenvalue weighted by molar-refractivity contribution is -0.126. The van der Waals surface area contributed by atoms with E-state index in [0.29, 0.717) is 35.2 Å². The Bertz CT molecular complexity index is 946. The maximum atomic E-state index is 12.3. The first-order valence-electron chi connectivity index (χ1n) is 9.44. The molecule has 0 saturated carbocycles. The van der Waals surface area contributed by atoms with Gasteiger partial charge in [-0.05, 0) is 36.4 Å². The maximum Gasteiger partial charge on any atom is 0.262 e. The summed E-state index contributed by atoms with van der Waals surface area (Å²) >= 11 is 6.01. The molecular formula is C22H22ClN3O4. The van der Waals surface area contributed by atoms with Gasteiger partial charge in [-0.1, -0.05) is 29.8 Å². The quantitative estimate of drug-likeness (QED) is 0.634. The second-order valence-corrected chi connectivity index (χ2v) is 7.16. The largest absolute Gasteiger partial charge is 0.484 e. The van der Waals surface area contributed by atoms with Gasteiger partial charge in [0.05, 0.1) is 16.6 Å². The van der Waals surface area contributed by atoms with Crippen LogP contribution < -0.4 is 20.3 Å². The van der Waals surface area contributed by atoms with E-state index >= 15 is 0 Å². The molecule has 3 amide bonds. The van der Waals surface area contributed by atoms with Gasteiger partial charge in [-0.15, -0.1) is 6.58 Å². The molecule has 0 radical (unpaired) electrons. The number of benzene rings is 2. The highest BCUT2D eigenvalue weighted by Crippen LogP contribution is 2.27. The molecule has 156 valence electrons. The Morgan fingerprint density at radius 2 is 1.93 bits per heavy atom. The lowest BCUT2D eigenvalue weighted by Crippen LogP contribution is -2.32. The molecule has 0 aromatic heterocycles. The van der Waals surface area contributed by atoms with Crippen LogP contribution in [0.15, 0.2) is 61.2 Å². The number of para-hydroxylation sites is 1. The first-order valence-corrected chi connectivity index (χ1v) is 9.82. The number of carbonyl (C=O) groups is 3. The van der Waals surface area contributed by atoms with Crippen molar-refractivity contribution in [3.05, 3.63) is 66.2 Å². The molecule has 30 heavy (non-hydrogen) atoms. The van der Waals surface area contributed by atoms with Crippen molar-refractivity contribution in [2.45, 2.75) is 6.42 Å². The number of hydrogen-bond acceptors (Lipinski definition) is 4. The van der Waals surface area contributed by atoms with Crippen LogP contribution in [0.1, 0.15) is 6.42 Å². The van der Waals surface area contributed by atoms with Gasteiger partial charge in [-0.25, -0.2) is 0 Å². The molecular weight excluding hydrogens is 406 g/mol. The summed E-state index contributed by atoms with van der Waals surface area (Å²) in [5, 5.41) is 5.85. The summed E-state index contributed by atoms with van der Waals surface area (Å²) in [7, 11) is 0. The van der Waals surface area contributed by atoms with Crippen molar-refractivity contribution in [1.29, 1.82) is 0 Å². The molecule has 0 unspecified atom stereocenters. The third-order valence-electron chi connectivity index (χ3n) is 4.58. The normalized spacial score (nSPS) is 15.6. The Labute approximate surface area is 179 Å². The Kier molecular flexibility index (Phi) is 7.08. The van der Waals surface area contributed by atoms with Crippen LogP contribution in [0, 0.1) is 5.92 Å². The van der Waals surface area contributed by atoms with Crippen molar-refractivity contribution >= 4 is 40.7 Å². The number of nitrogens with zero attached hydrogens (tertiary/aromatic N) is 1. The van der Waals surface area contributed by atoms with Crippen LogP contribution in [-0.4, -0.2) is 37.4 Å². The minimum absolute atomic E-state index is 0.110. The van der Waals surface area contributed by atoms with Crippen molar-refractivity contribution in [2.75, 3.05) is 29.9 Å². The minimum atomic E-state index is -0.387. The van der Waals surface area contributed by atoms with Gasteiger partial charge in [0.15, 0.2) is 6.61 Å². The first-order chi connectivity index (χ1) is 14.5. The van der Waals surface area contributed by atoms with Crippen molar-refractivity contribution < 1.29 is 19.1 Å². The summed E-state index contributed by atoms with van der Waals surface area (Å²) < 4.78 is 5.50. The fourth-order valence-corrected chi connectivity index (χ4v) is 3.25. The molecule has 1 fully saturated rings. The summed E-state index contributed by atoms with van der Waals surface area (Å²) in [6, 6.07) is 13.7. The van der Waals surface area contributed by atoms with Gasteiger partial charge in [0, 0.05) is 25.2 Å². The summed E-state index contributed by atoms with van der Waals surface area (Å²) in [6.45, 7) is 4.08. The lowest BCUT2D eigenvalue weighted by atomic mass is 10.1. The van der Waals surface area contributed by atoms with Crippen LogP contribution in [-0.2, 0) is 14.4 Å². The van der Waals surface area contributed by atoms with Gasteiger partial charge in [0.1, 0.15) is 5.75 Å². The predicted octanol–water partition coefficient (Wildman–Crippen LogP) is 3.01. The van der Waals surface area contributed by atoms with Crippen LogP contribution in [0.3, 0.4) is 0 Å². The monoisotopic (exact) mass is 427 g/mol. The molecule has 1 heterocycles. The van der Waals surface area contributed by atoms with Crippen molar-refractivity contribution in [1.82, 2.24) is 5.32 Å². The van der Waals surface area contributed by atoms with Crippen LogP contribution in [0.4, 0.5) is 11.4 Å². The Morgan fingerprint density at radius 1 is 1.20 bits per heavy atom. The van der Waals surface area contributed by atoms with Gasteiger partial charge >= 0.3 is 0 Å². The number of ether oxygens (including phenoxy) is 1. The average molecular weight is 428 g/mol. The van der Waals surface area contributed by atoms with Gasteiger partial charge in [-0.2, -0.15) is 0 Å². The van der Waals surface area contributed by atoms with E-state index in [-0.39, 0.29) is 36.7 Å². The molecule has 2 aromatic carbocycles. The zero-order valence-corrected chi connectivity index (χ0v) is 17.0. The van der Waals surface area contributed by atoms with E-state index in [1.165, 1.54) is 0 Å². The van der Waals surface area contributed by atoms with Crippen molar-refractivity contribution in [2.24, 2.45) is 5.92 Å². The number of nitrogens with one attached hydrogen (secondary N) is 2. The molecule has 0 bridgehead atoms. The highest BCUT2D eigenvalue weighted by Gasteiger charge is 2.34. The van der Waals surface area contributed by atoms with Gasteiger partial charge in [0.25, 0.3) is 5.91 Å². The summed E-state index contributed by atoms with van der Waals surface area (Å²) in [5.74, 6) is -0.506. The number of halogens is 1. The summed E-state index contributed by atoms with van der Waals surface area (Å²) in [5.41, 5.74) is 1.19. The molecule has 1 saturated heterocycles. The number of hydrogen-bond donors (Lipinski definition) is 2. The summed E-state index contributed by atoms with van der Waals surface area (Å²) in [6.07, 6.45) is 1.77. The third kappa shape index (κ3) is 5.39. The number of amides is 3. The predicted molar refractivity (Wildman–Crippen MR) is 116 cm³/mol. The Hall–Kier alpha value is -3.32. The van der Waals surface area contributed by atoms with Crippen LogP contribution >= 0.6 is 11.6 Å². The van der Waals surface area contributed by atoms with E-state index < -0.39 is 0 Å². The number of rotatable bonds is 8. The molecule has 0 spiro atoms. The topological polar surface area (TPSA) is 87.7 Å². The molecule has 1 aliphatic rings. The van der Waals surface area contributed by atoms with E-state index in [2.05, 4.69) is 17.2 Å². The maximum absolute atomic E-state index is 12.3. The highest BCUT2D eigenvalue weighted by atomic mass is 35.5. The second kappa shape index (κ2) is 9.93. The SMILES string of the molecule is C=CCNC(=O)[C@@H]1CC(=O)N(c2ccc(OCC(=O)Nc3ccccc3Cl)cc2)C1. The molecule has 3 rings (SSSR count). The zero-order valence-electron chi connectivity index (χ0n) is 16.3. The fourth-order valence-electron chi connectivity index (χ4n) is 3.07. The van der Waals surface area contributed by atoms with Crippen molar-refractivity contribution in [3.8, 4) is 5.75 Å². The molecule has 8 heteroatoms. The fraction of sp³-hybridized carbons (Fsp3) is 0.227. The zero-order chi connectivity index (χ0) is 21.5. The Morgan fingerprint density at radius 3 is 2.63 bits per heavy atom. The molecule has 0 aliphatic carbocycles. The third-order valence-corrected chi connectivity index (χ3v) is 4.91. The van der Waals surface area contributed by atoms with Gasteiger partial charge < -0.3 is 20.3 Å². The van der Waals surface area contributed by atoms with Crippen LogP contribution in [0.25, 0.3) is 0 Å².